The number of amides is 2. The van der Waals surface area contributed by atoms with E-state index in [1.165, 1.54) is 7.11 Å². The van der Waals surface area contributed by atoms with Gasteiger partial charge in [0.05, 0.1) is 13.5 Å². The van der Waals surface area contributed by atoms with Crippen LogP contribution in [0, 0.1) is 0 Å². The van der Waals surface area contributed by atoms with Gasteiger partial charge < -0.3 is 20.5 Å². The largest absolute Gasteiger partial charge is 0.481 e. The molecule has 1 heterocycles. The van der Waals surface area contributed by atoms with E-state index >= 15 is 0 Å². The van der Waals surface area contributed by atoms with Crippen molar-refractivity contribution in [2.75, 3.05) is 7.11 Å². The van der Waals surface area contributed by atoms with Gasteiger partial charge in [-0.3, -0.25) is 4.79 Å². The molecule has 0 fully saturated rings. The van der Waals surface area contributed by atoms with Crippen molar-refractivity contribution in [2.24, 2.45) is 0 Å². The Balaban J connectivity index is 2.39. The van der Waals surface area contributed by atoms with Crippen molar-refractivity contribution in [1.82, 2.24) is 15.6 Å². The van der Waals surface area contributed by atoms with Crippen molar-refractivity contribution in [1.29, 1.82) is 0 Å². The van der Waals surface area contributed by atoms with Crippen LogP contribution in [0.1, 0.15) is 18.9 Å². The summed E-state index contributed by atoms with van der Waals surface area (Å²) in [5.74, 6) is -0.481. The second kappa shape index (κ2) is 7.20. The quantitative estimate of drug-likeness (QED) is 0.706. The molecule has 7 nitrogen and oxygen atoms in total. The van der Waals surface area contributed by atoms with Gasteiger partial charge >= 0.3 is 12.0 Å². The molecule has 1 atom stereocenters. The van der Waals surface area contributed by atoms with Crippen LogP contribution in [0.5, 0.6) is 5.88 Å². The molecule has 19 heavy (non-hydrogen) atoms. The second-order valence-electron chi connectivity index (χ2n) is 4.03. The number of carboxylic acid groups (broad SMARTS) is 1. The van der Waals surface area contributed by atoms with Crippen molar-refractivity contribution in [3.63, 3.8) is 0 Å². The lowest BCUT2D eigenvalue weighted by Crippen LogP contribution is -2.41. The lowest BCUT2D eigenvalue weighted by molar-refractivity contribution is -0.137. The Morgan fingerprint density at radius 3 is 2.89 bits per heavy atom. The third-order valence-corrected chi connectivity index (χ3v) is 2.32. The van der Waals surface area contributed by atoms with Gasteiger partial charge in [0.1, 0.15) is 0 Å². The molecule has 0 spiro atoms. The number of ether oxygens (including phenoxy) is 1. The van der Waals surface area contributed by atoms with Gasteiger partial charge in [0.15, 0.2) is 0 Å². The van der Waals surface area contributed by atoms with E-state index in [4.69, 9.17) is 9.84 Å². The smallest absolute Gasteiger partial charge is 0.315 e. The molecule has 0 saturated heterocycles. The Morgan fingerprint density at radius 2 is 2.26 bits per heavy atom. The number of aliphatic carboxylic acids is 1. The number of carbonyl (C=O) groups is 2. The fourth-order valence-electron chi connectivity index (χ4n) is 1.44. The first-order valence-corrected chi connectivity index (χ1v) is 5.76. The number of rotatable bonds is 6. The number of carbonyl (C=O) groups excluding carboxylic acids is 1. The predicted molar refractivity (Wildman–Crippen MR) is 67.9 cm³/mol. The zero-order valence-electron chi connectivity index (χ0n) is 10.8. The molecule has 104 valence electrons. The minimum absolute atomic E-state index is 0.115. The highest BCUT2D eigenvalue weighted by Gasteiger charge is 2.10. The molecule has 1 aromatic heterocycles. The van der Waals surface area contributed by atoms with Gasteiger partial charge in [-0.25, -0.2) is 9.78 Å². The van der Waals surface area contributed by atoms with E-state index in [9.17, 15) is 9.59 Å². The number of urea groups is 1. The molecule has 0 aliphatic heterocycles. The van der Waals surface area contributed by atoms with Crippen LogP contribution in [0.4, 0.5) is 4.79 Å². The molecule has 0 saturated carbocycles. The molecule has 0 bridgehead atoms. The van der Waals surface area contributed by atoms with Gasteiger partial charge in [-0.15, -0.1) is 0 Å². The summed E-state index contributed by atoms with van der Waals surface area (Å²) in [5.41, 5.74) is 0.841. The first-order valence-electron chi connectivity index (χ1n) is 5.76. The topological polar surface area (TPSA) is 101 Å². The van der Waals surface area contributed by atoms with Crippen molar-refractivity contribution in [3.8, 4) is 5.88 Å². The van der Waals surface area contributed by atoms with E-state index in [1.807, 2.05) is 0 Å². The summed E-state index contributed by atoms with van der Waals surface area (Å²) >= 11 is 0. The van der Waals surface area contributed by atoms with E-state index in [0.29, 0.717) is 12.4 Å². The van der Waals surface area contributed by atoms with Crippen molar-refractivity contribution in [2.45, 2.75) is 25.9 Å². The van der Waals surface area contributed by atoms with E-state index in [2.05, 4.69) is 15.6 Å². The molecule has 1 rings (SSSR count). The van der Waals surface area contributed by atoms with Crippen LogP contribution >= 0.6 is 0 Å². The number of carboxylic acids is 1. The van der Waals surface area contributed by atoms with E-state index in [0.717, 1.165) is 5.56 Å². The Morgan fingerprint density at radius 1 is 1.53 bits per heavy atom. The fourth-order valence-corrected chi connectivity index (χ4v) is 1.44. The van der Waals surface area contributed by atoms with Crippen LogP contribution in [-0.4, -0.2) is 35.2 Å². The van der Waals surface area contributed by atoms with Crippen molar-refractivity contribution >= 4 is 12.0 Å². The summed E-state index contributed by atoms with van der Waals surface area (Å²) < 4.78 is 4.97. The second-order valence-corrected chi connectivity index (χ2v) is 4.03. The van der Waals surface area contributed by atoms with Gasteiger partial charge in [-0.1, -0.05) is 0 Å². The van der Waals surface area contributed by atoms with Crippen LogP contribution in [0.3, 0.4) is 0 Å². The molecule has 7 heteroatoms. The van der Waals surface area contributed by atoms with E-state index in [-0.39, 0.29) is 6.42 Å². The Bertz CT molecular complexity index is 450. The summed E-state index contributed by atoms with van der Waals surface area (Å²) in [5, 5.41) is 13.7. The molecule has 0 radical (unpaired) electrons. The molecule has 1 unspecified atom stereocenters. The average molecular weight is 267 g/mol. The van der Waals surface area contributed by atoms with Crippen LogP contribution < -0.4 is 15.4 Å². The zero-order chi connectivity index (χ0) is 14.3. The normalized spacial score (nSPS) is 11.5. The maximum atomic E-state index is 11.5. The van der Waals surface area contributed by atoms with Crippen LogP contribution in [0.2, 0.25) is 0 Å². The van der Waals surface area contributed by atoms with Gasteiger partial charge in [-0.2, -0.15) is 0 Å². The Kier molecular flexibility index (Phi) is 5.59. The highest BCUT2D eigenvalue weighted by Crippen LogP contribution is 2.07. The Labute approximate surface area is 111 Å². The first-order chi connectivity index (χ1) is 9.01. The SMILES string of the molecule is COc1cc(CNC(=O)NC(C)CC(=O)O)ccn1. The highest BCUT2D eigenvalue weighted by molar-refractivity contribution is 5.75. The van der Waals surface area contributed by atoms with Crippen LogP contribution in [0.25, 0.3) is 0 Å². The Hall–Kier alpha value is -2.31. The number of hydrogen-bond acceptors (Lipinski definition) is 4. The molecular formula is C12H17N3O4. The monoisotopic (exact) mass is 267 g/mol. The van der Waals surface area contributed by atoms with Crippen LogP contribution in [-0.2, 0) is 11.3 Å². The highest BCUT2D eigenvalue weighted by atomic mass is 16.5. The van der Waals surface area contributed by atoms with Gasteiger partial charge in [0.2, 0.25) is 5.88 Å². The number of nitrogens with zero attached hydrogens (tertiary/aromatic N) is 1. The number of aromatic nitrogens is 1. The first kappa shape index (κ1) is 14.7. The molecule has 3 N–H and O–H groups in total. The minimum atomic E-state index is -0.952. The zero-order valence-corrected chi connectivity index (χ0v) is 10.8. The van der Waals surface area contributed by atoms with Crippen LogP contribution in [0.15, 0.2) is 18.3 Å². The molecule has 0 aliphatic carbocycles. The van der Waals surface area contributed by atoms with E-state index in [1.54, 1.807) is 25.3 Å². The maximum Gasteiger partial charge on any atom is 0.315 e. The molecule has 0 aliphatic rings. The lowest BCUT2D eigenvalue weighted by Gasteiger charge is -2.12. The third kappa shape index (κ3) is 5.71. The van der Waals surface area contributed by atoms with Gasteiger partial charge in [0, 0.05) is 24.8 Å². The minimum Gasteiger partial charge on any atom is -0.481 e. The molecule has 2 amide bonds. The number of methoxy groups -OCH3 is 1. The maximum absolute atomic E-state index is 11.5. The standard InChI is InChI=1S/C12H17N3O4/c1-8(5-11(16)17)15-12(18)14-7-9-3-4-13-10(6-9)19-2/h3-4,6,8H,5,7H2,1-2H3,(H,16,17)(H2,14,15,18). The summed E-state index contributed by atoms with van der Waals surface area (Å²) in [6, 6.07) is 2.62. The summed E-state index contributed by atoms with van der Waals surface area (Å²) in [6.45, 7) is 1.94. The van der Waals surface area contributed by atoms with Crippen molar-refractivity contribution in [3.05, 3.63) is 23.9 Å². The number of pyridine rings is 1. The van der Waals surface area contributed by atoms with Gasteiger partial charge in [0.25, 0.3) is 0 Å². The number of nitrogens with one attached hydrogen (secondary N) is 2. The third-order valence-electron chi connectivity index (χ3n) is 2.32. The number of hydrogen-bond donors (Lipinski definition) is 3. The molecular weight excluding hydrogens is 250 g/mol. The average Bonchev–Trinajstić information content (AvgIpc) is 2.35. The predicted octanol–water partition coefficient (Wildman–Crippen LogP) is 0.753. The summed E-state index contributed by atoms with van der Waals surface area (Å²) in [7, 11) is 1.51. The van der Waals surface area contributed by atoms with Crippen molar-refractivity contribution < 1.29 is 19.4 Å². The lowest BCUT2D eigenvalue weighted by atomic mass is 10.2. The van der Waals surface area contributed by atoms with Gasteiger partial charge in [-0.05, 0) is 18.6 Å². The molecule has 0 aromatic carbocycles. The molecule has 1 aromatic rings. The van der Waals surface area contributed by atoms with E-state index < -0.39 is 18.0 Å². The summed E-state index contributed by atoms with van der Waals surface area (Å²) in [6.07, 6.45) is 1.47. The fraction of sp³-hybridized carbons (Fsp3) is 0.417. The summed E-state index contributed by atoms with van der Waals surface area (Å²) in [4.78, 5) is 25.9.